The molecule has 23 heavy (non-hydrogen) atoms. The van der Waals surface area contributed by atoms with E-state index in [0.717, 1.165) is 13.0 Å². The molecule has 0 saturated heterocycles. The Bertz CT molecular complexity index is 732. The molecular formula is C21H27NO. The monoisotopic (exact) mass is 309 g/mol. The molecule has 0 spiro atoms. The molecular weight excluding hydrogens is 282 g/mol. The molecule has 2 heteroatoms. The van der Waals surface area contributed by atoms with Gasteiger partial charge < -0.3 is 10.4 Å². The first-order valence-corrected chi connectivity index (χ1v) is 8.83. The number of aliphatic hydroxyl groups is 1. The van der Waals surface area contributed by atoms with Crippen LogP contribution in [-0.4, -0.2) is 17.3 Å². The van der Waals surface area contributed by atoms with Crippen LogP contribution in [0.4, 0.5) is 0 Å². The summed E-state index contributed by atoms with van der Waals surface area (Å²) in [5.74, 6) is 0.567. The molecule has 2 aliphatic rings. The summed E-state index contributed by atoms with van der Waals surface area (Å²) in [7, 11) is 0. The van der Waals surface area contributed by atoms with Crippen LogP contribution in [0.25, 0.3) is 10.8 Å². The predicted octanol–water partition coefficient (Wildman–Crippen LogP) is 4.12. The first-order valence-electron chi connectivity index (χ1n) is 8.83. The van der Waals surface area contributed by atoms with Gasteiger partial charge in [0.25, 0.3) is 0 Å². The van der Waals surface area contributed by atoms with Gasteiger partial charge in [0.1, 0.15) is 0 Å². The molecule has 2 bridgehead atoms. The van der Waals surface area contributed by atoms with Crippen molar-refractivity contribution in [3.63, 3.8) is 0 Å². The number of hydrogen-bond donors (Lipinski definition) is 2. The van der Waals surface area contributed by atoms with E-state index in [-0.39, 0.29) is 23.0 Å². The number of nitrogens with one attached hydrogen (secondary N) is 1. The van der Waals surface area contributed by atoms with Crippen molar-refractivity contribution in [2.45, 2.75) is 52.3 Å². The quantitative estimate of drug-likeness (QED) is 0.894. The Kier molecular flexibility index (Phi) is 3.33. The molecule has 4 atom stereocenters. The van der Waals surface area contributed by atoms with Crippen molar-refractivity contribution in [1.29, 1.82) is 0 Å². The van der Waals surface area contributed by atoms with Crippen molar-refractivity contribution in [1.82, 2.24) is 5.32 Å². The highest BCUT2D eigenvalue weighted by Crippen LogP contribution is 2.65. The molecule has 0 heterocycles. The van der Waals surface area contributed by atoms with E-state index in [9.17, 15) is 5.11 Å². The maximum atomic E-state index is 10.9. The van der Waals surface area contributed by atoms with E-state index in [4.69, 9.17) is 0 Å². The summed E-state index contributed by atoms with van der Waals surface area (Å²) in [5.41, 5.74) is 1.58. The van der Waals surface area contributed by atoms with Crippen LogP contribution in [0.2, 0.25) is 0 Å². The van der Waals surface area contributed by atoms with Gasteiger partial charge in [-0.1, -0.05) is 63.2 Å². The second-order valence-corrected chi connectivity index (χ2v) is 8.27. The van der Waals surface area contributed by atoms with Crippen molar-refractivity contribution in [2.75, 3.05) is 0 Å². The normalized spacial score (nSPS) is 35.0. The molecule has 0 unspecified atom stereocenters. The third-order valence-corrected chi connectivity index (χ3v) is 7.21. The van der Waals surface area contributed by atoms with Gasteiger partial charge in [-0.25, -0.2) is 0 Å². The molecule has 0 amide bonds. The van der Waals surface area contributed by atoms with Gasteiger partial charge in [0.05, 0.1) is 6.10 Å². The highest BCUT2D eigenvalue weighted by molar-refractivity contribution is 5.85. The molecule has 2 nitrogen and oxygen atoms in total. The Labute approximate surface area is 138 Å². The zero-order chi connectivity index (χ0) is 16.2. The molecule has 2 aliphatic carbocycles. The molecule has 0 aromatic heterocycles. The van der Waals surface area contributed by atoms with Gasteiger partial charge in [-0.2, -0.15) is 0 Å². The SMILES string of the molecule is CC1(C)[C@@H]2CC[C@@]1(C)[C@@H](O)[C@H]2NCc1cccc2ccccc12. The maximum Gasteiger partial charge on any atom is 0.0754 e. The summed E-state index contributed by atoms with van der Waals surface area (Å²) in [6, 6.07) is 15.2. The fourth-order valence-electron chi connectivity index (χ4n) is 5.26. The average Bonchev–Trinajstić information content (AvgIpc) is 2.86. The summed E-state index contributed by atoms with van der Waals surface area (Å²) in [6.45, 7) is 7.78. The van der Waals surface area contributed by atoms with E-state index in [1.165, 1.54) is 22.8 Å². The lowest BCUT2D eigenvalue weighted by atomic mass is 9.70. The van der Waals surface area contributed by atoms with Crippen molar-refractivity contribution >= 4 is 10.8 Å². The summed E-state index contributed by atoms with van der Waals surface area (Å²) in [4.78, 5) is 0. The van der Waals surface area contributed by atoms with Crippen LogP contribution in [-0.2, 0) is 6.54 Å². The van der Waals surface area contributed by atoms with E-state index in [0.29, 0.717) is 5.92 Å². The molecule has 2 aromatic carbocycles. The van der Waals surface area contributed by atoms with E-state index >= 15 is 0 Å². The van der Waals surface area contributed by atoms with Gasteiger partial charge in [0.2, 0.25) is 0 Å². The maximum absolute atomic E-state index is 10.9. The first kappa shape index (κ1) is 15.2. The van der Waals surface area contributed by atoms with E-state index in [2.05, 4.69) is 68.6 Å². The predicted molar refractivity (Wildman–Crippen MR) is 95.2 cm³/mol. The highest BCUT2D eigenvalue weighted by Gasteiger charge is 2.65. The zero-order valence-corrected chi connectivity index (χ0v) is 14.3. The second-order valence-electron chi connectivity index (χ2n) is 8.27. The minimum Gasteiger partial charge on any atom is -0.391 e. The number of fused-ring (bicyclic) bond motifs is 3. The van der Waals surface area contributed by atoms with Crippen LogP contribution >= 0.6 is 0 Å². The molecule has 2 saturated carbocycles. The minimum atomic E-state index is -0.244. The van der Waals surface area contributed by atoms with E-state index in [1.54, 1.807) is 0 Å². The Hall–Kier alpha value is -1.38. The Morgan fingerprint density at radius 3 is 2.57 bits per heavy atom. The van der Waals surface area contributed by atoms with Crippen LogP contribution in [0, 0.1) is 16.7 Å². The van der Waals surface area contributed by atoms with Gasteiger partial charge in [-0.3, -0.25) is 0 Å². The molecule has 0 aliphatic heterocycles. The van der Waals surface area contributed by atoms with Crippen molar-refractivity contribution in [3.05, 3.63) is 48.0 Å². The van der Waals surface area contributed by atoms with Crippen molar-refractivity contribution < 1.29 is 5.11 Å². The van der Waals surface area contributed by atoms with Crippen molar-refractivity contribution in [2.24, 2.45) is 16.7 Å². The van der Waals surface area contributed by atoms with E-state index in [1.807, 2.05) is 0 Å². The summed E-state index contributed by atoms with van der Waals surface area (Å²) in [6.07, 6.45) is 2.14. The minimum absolute atomic E-state index is 0.0497. The number of hydrogen-bond acceptors (Lipinski definition) is 2. The van der Waals surface area contributed by atoms with Crippen molar-refractivity contribution in [3.8, 4) is 0 Å². The topological polar surface area (TPSA) is 32.3 Å². The van der Waals surface area contributed by atoms with Crippen LogP contribution in [0.5, 0.6) is 0 Å². The standard InChI is InChI=1S/C21H27NO/c1-20(2)17-11-12-21(20,3)19(23)18(17)22-13-15-9-6-8-14-7-4-5-10-16(14)15/h4-10,17-19,22-23H,11-13H2,1-3H3/t17-,18+,19+,21+/m1/s1. The van der Waals surface area contributed by atoms with Crippen LogP contribution in [0.3, 0.4) is 0 Å². The fraction of sp³-hybridized carbons (Fsp3) is 0.524. The van der Waals surface area contributed by atoms with Crippen LogP contribution in [0.1, 0.15) is 39.2 Å². The summed E-state index contributed by atoms with van der Waals surface area (Å²) < 4.78 is 0. The Morgan fingerprint density at radius 1 is 1.09 bits per heavy atom. The molecule has 0 radical (unpaired) electrons. The van der Waals surface area contributed by atoms with E-state index < -0.39 is 0 Å². The summed E-state index contributed by atoms with van der Waals surface area (Å²) >= 11 is 0. The third-order valence-electron chi connectivity index (χ3n) is 7.21. The summed E-state index contributed by atoms with van der Waals surface area (Å²) in [5, 5.41) is 17.2. The molecule has 2 aromatic rings. The largest absolute Gasteiger partial charge is 0.391 e. The third kappa shape index (κ3) is 2.01. The lowest BCUT2D eigenvalue weighted by Crippen LogP contribution is -2.46. The van der Waals surface area contributed by atoms with Gasteiger partial charge >= 0.3 is 0 Å². The van der Waals surface area contributed by atoms with Crippen LogP contribution in [0.15, 0.2) is 42.5 Å². The Balaban J connectivity index is 1.58. The lowest BCUT2D eigenvalue weighted by Gasteiger charge is -2.37. The average molecular weight is 309 g/mol. The smallest absolute Gasteiger partial charge is 0.0754 e. The van der Waals surface area contributed by atoms with Crippen LogP contribution < -0.4 is 5.32 Å². The number of rotatable bonds is 3. The van der Waals surface area contributed by atoms with Gasteiger partial charge in [0, 0.05) is 18.0 Å². The molecule has 2 fully saturated rings. The Morgan fingerprint density at radius 2 is 1.83 bits per heavy atom. The molecule has 122 valence electrons. The van der Waals surface area contributed by atoms with Gasteiger partial charge in [0.15, 0.2) is 0 Å². The molecule has 2 N–H and O–H groups in total. The molecule has 4 rings (SSSR count). The lowest BCUT2D eigenvalue weighted by molar-refractivity contribution is -0.000161. The zero-order valence-electron chi connectivity index (χ0n) is 14.3. The highest BCUT2D eigenvalue weighted by atomic mass is 16.3. The van der Waals surface area contributed by atoms with Gasteiger partial charge in [-0.15, -0.1) is 0 Å². The second kappa shape index (κ2) is 5.06. The number of benzene rings is 2. The fourth-order valence-corrected chi connectivity index (χ4v) is 5.26. The number of aliphatic hydroxyl groups excluding tert-OH is 1. The van der Waals surface area contributed by atoms with Gasteiger partial charge in [-0.05, 0) is 40.5 Å². The first-order chi connectivity index (χ1) is 10.9.